The lowest BCUT2D eigenvalue weighted by Gasteiger charge is -2.23. The molecule has 0 radical (unpaired) electrons. The zero-order valence-corrected chi connectivity index (χ0v) is 20.5. The van der Waals surface area contributed by atoms with Gasteiger partial charge in [-0.2, -0.15) is 0 Å². The molecular formula is C30H36N2O2. The monoisotopic (exact) mass is 456 g/mol. The molecule has 0 spiro atoms. The Morgan fingerprint density at radius 1 is 0.676 bits per heavy atom. The van der Waals surface area contributed by atoms with E-state index in [-0.39, 0.29) is 5.91 Å². The van der Waals surface area contributed by atoms with Gasteiger partial charge >= 0.3 is 0 Å². The standard InChI is InChI=1S/C30H36N2O2/c1-3-5-7-11-19-32(20-12-8-6-4-2)30(34)28-24-18-16-22-14-10-9-13-21-15-17-23(26(24)25(21)22)27(28)29(31)33/h9-10,13-18H,3-8,11-12,19-20H2,1-2H3,(H2,31,33). The number of nitrogens with zero attached hydrogens (tertiary/aromatic N) is 1. The molecule has 4 rings (SSSR count). The van der Waals surface area contributed by atoms with Crippen molar-refractivity contribution in [1.82, 2.24) is 4.90 Å². The van der Waals surface area contributed by atoms with Crippen LogP contribution in [0.25, 0.3) is 32.3 Å². The van der Waals surface area contributed by atoms with Gasteiger partial charge in [-0.25, -0.2) is 0 Å². The van der Waals surface area contributed by atoms with Gasteiger partial charge in [-0.15, -0.1) is 0 Å². The first kappa shape index (κ1) is 24.0. The number of unbranched alkanes of at least 4 members (excludes halogenated alkanes) is 6. The fraction of sp³-hybridized carbons (Fsp3) is 0.400. The third kappa shape index (κ3) is 4.59. The van der Waals surface area contributed by atoms with E-state index in [1.54, 1.807) is 0 Å². The Kier molecular flexibility index (Phi) is 7.66. The van der Waals surface area contributed by atoms with Crippen LogP contribution in [0.1, 0.15) is 85.9 Å². The van der Waals surface area contributed by atoms with Gasteiger partial charge in [0, 0.05) is 13.1 Å². The van der Waals surface area contributed by atoms with Crippen LogP contribution in [-0.2, 0) is 0 Å². The topological polar surface area (TPSA) is 63.4 Å². The fourth-order valence-electron chi connectivity index (χ4n) is 5.24. The summed E-state index contributed by atoms with van der Waals surface area (Å²) in [6.07, 6.45) is 8.84. The number of benzene rings is 2. The van der Waals surface area contributed by atoms with Crippen molar-refractivity contribution < 1.29 is 9.59 Å². The Labute approximate surface area is 202 Å². The number of rotatable bonds is 12. The van der Waals surface area contributed by atoms with Crippen molar-refractivity contribution in [1.29, 1.82) is 0 Å². The van der Waals surface area contributed by atoms with Gasteiger partial charge in [0.1, 0.15) is 0 Å². The highest BCUT2D eigenvalue weighted by atomic mass is 16.2. The molecule has 2 amide bonds. The molecule has 0 fully saturated rings. The fourth-order valence-corrected chi connectivity index (χ4v) is 5.24. The molecule has 4 nitrogen and oxygen atoms in total. The van der Waals surface area contributed by atoms with Gasteiger partial charge in [-0.05, 0) is 45.2 Å². The van der Waals surface area contributed by atoms with Crippen LogP contribution in [0, 0.1) is 0 Å². The Hall–Kier alpha value is -3.14. The molecule has 0 atom stereocenters. The summed E-state index contributed by atoms with van der Waals surface area (Å²) in [5.74, 6) is -0.595. The van der Waals surface area contributed by atoms with Gasteiger partial charge in [-0.3, -0.25) is 9.59 Å². The molecule has 0 unspecified atom stereocenters. The van der Waals surface area contributed by atoms with Crippen LogP contribution < -0.4 is 5.73 Å². The van der Waals surface area contributed by atoms with Crippen molar-refractivity contribution in [3.8, 4) is 0 Å². The minimum absolute atomic E-state index is 0.0606. The van der Waals surface area contributed by atoms with E-state index in [0.29, 0.717) is 11.1 Å². The van der Waals surface area contributed by atoms with Crippen molar-refractivity contribution in [2.45, 2.75) is 65.2 Å². The van der Waals surface area contributed by atoms with Crippen molar-refractivity contribution in [2.24, 2.45) is 5.73 Å². The third-order valence-electron chi connectivity index (χ3n) is 6.99. The summed E-state index contributed by atoms with van der Waals surface area (Å²) in [6, 6.07) is 16.2. The summed E-state index contributed by atoms with van der Waals surface area (Å²) in [5.41, 5.74) is 6.77. The highest BCUT2D eigenvalue weighted by Crippen LogP contribution is 2.40. The number of amides is 2. The summed E-state index contributed by atoms with van der Waals surface area (Å²) in [5, 5.41) is 5.86. The molecule has 4 aromatic rings. The zero-order chi connectivity index (χ0) is 24.1. The van der Waals surface area contributed by atoms with Crippen LogP contribution in [0.4, 0.5) is 0 Å². The average Bonchev–Trinajstić information content (AvgIpc) is 3.03. The lowest BCUT2D eigenvalue weighted by Crippen LogP contribution is -2.34. The second-order valence-corrected chi connectivity index (χ2v) is 9.40. The second-order valence-electron chi connectivity index (χ2n) is 9.40. The normalized spacial score (nSPS) is 11.6. The molecular weight excluding hydrogens is 420 g/mol. The predicted octanol–water partition coefficient (Wildman–Crippen LogP) is 7.29. The molecule has 2 N–H and O–H groups in total. The first-order valence-corrected chi connectivity index (χ1v) is 12.9. The molecule has 0 saturated heterocycles. The maximum Gasteiger partial charge on any atom is 0.255 e. The number of primary amides is 1. The molecule has 0 aliphatic rings. The smallest absolute Gasteiger partial charge is 0.255 e. The number of hydrogen-bond donors (Lipinski definition) is 1. The Balaban J connectivity index is 1.83. The number of nitrogens with two attached hydrogens (primary N) is 1. The number of carbonyl (C=O) groups excluding carboxylic acids is 2. The largest absolute Gasteiger partial charge is 0.366 e. The highest BCUT2D eigenvalue weighted by molar-refractivity contribution is 6.33. The SMILES string of the molecule is CCCCCCN(CCCCCC)C(=O)c1c(C(N)=O)c2ccc3ccccc4ccc1c2c34. The summed E-state index contributed by atoms with van der Waals surface area (Å²) in [4.78, 5) is 28.7. The molecule has 0 saturated carbocycles. The van der Waals surface area contributed by atoms with E-state index in [2.05, 4.69) is 32.0 Å². The van der Waals surface area contributed by atoms with E-state index in [1.165, 1.54) is 12.8 Å². The number of hydrogen-bond acceptors (Lipinski definition) is 2. The maximum atomic E-state index is 14.0. The van der Waals surface area contributed by atoms with Crippen molar-refractivity contribution in [3.05, 3.63) is 59.7 Å². The molecule has 4 aromatic carbocycles. The Morgan fingerprint density at radius 2 is 1.21 bits per heavy atom. The van der Waals surface area contributed by atoms with Crippen LogP contribution in [0.2, 0.25) is 0 Å². The minimum Gasteiger partial charge on any atom is -0.366 e. The molecule has 0 aliphatic carbocycles. The van der Waals surface area contributed by atoms with E-state index in [4.69, 9.17) is 5.73 Å². The van der Waals surface area contributed by atoms with Crippen LogP contribution in [0.3, 0.4) is 0 Å². The van der Waals surface area contributed by atoms with E-state index in [1.807, 2.05) is 35.2 Å². The molecule has 0 heterocycles. The summed E-state index contributed by atoms with van der Waals surface area (Å²) in [7, 11) is 0. The predicted molar refractivity (Wildman–Crippen MR) is 143 cm³/mol. The van der Waals surface area contributed by atoms with Gasteiger partial charge < -0.3 is 10.6 Å². The molecule has 0 bridgehead atoms. The van der Waals surface area contributed by atoms with E-state index >= 15 is 0 Å². The summed E-state index contributed by atoms with van der Waals surface area (Å²) >= 11 is 0. The first-order chi connectivity index (χ1) is 16.6. The van der Waals surface area contributed by atoms with Crippen LogP contribution in [0.5, 0.6) is 0 Å². The van der Waals surface area contributed by atoms with Crippen LogP contribution in [-0.4, -0.2) is 29.8 Å². The van der Waals surface area contributed by atoms with Gasteiger partial charge in [0.05, 0.1) is 11.1 Å². The van der Waals surface area contributed by atoms with Gasteiger partial charge in [0.25, 0.3) is 5.91 Å². The van der Waals surface area contributed by atoms with Crippen molar-refractivity contribution >= 4 is 44.1 Å². The van der Waals surface area contributed by atoms with E-state index in [0.717, 1.165) is 83.9 Å². The van der Waals surface area contributed by atoms with Gasteiger partial charge in [0.15, 0.2) is 0 Å². The van der Waals surface area contributed by atoms with E-state index < -0.39 is 5.91 Å². The highest BCUT2D eigenvalue weighted by Gasteiger charge is 2.29. The molecule has 0 aromatic heterocycles. The Bertz CT molecular complexity index is 1260. The summed E-state index contributed by atoms with van der Waals surface area (Å²) in [6.45, 7) is 5.82. The average molecular weight is 457 g/mol. The first-order valence-electron chi connectivity index (χ1n) is 12.9. The summed E-state index contributed by atoms with van der Waals surface area (Å²) < 4.78 is 0. The lowest BCUT2D eigenvalue weighted by molar-refractivity contribution is 0.0747. The molecule has 178 valence electrons. The quantitative estimate of drug-likeness (QED) is 0.228. The second kappa shape index (κ2) is 10.9. The molecule has 34 heavy (non-hydrogen) atoms. The maximum absolute atomic E-state index is 14.0. The van der Waals surface area contributed by atoms with E-state index in [9.17, 15) is 9.59 Å². The van der Waals surface area contributed by atoms with Crippen molar-refractivity contribution in [3.63, 3.8) is 0 Å². The van der Waals surface area contributed by atoms with Crippen LogP contribution >= 0.6 is 0 Å². The van der Waals surface area contributed by atoms with Crippen molar-refractivity contribution in [2.75, 3.05) is 13.1 Å². The van der Waals surface area contributed by atoms with Crippen LogP contribution in [0.15, 0.2) is 48.5 Å². The molecule has 0 aliphatic heterocycles. The lowest BCUT2D eigenvalue weighted by atomic mass is 10.00. The molecule has 4 heteroatoms. The Morgan fingerprint density at radius 3 is 1.71 bits per heavy atom. The van der Waals surface area contributed by atoms with Gasteiger partial charge in [0.2, 0.25) is 5.91 Å². The zero-order valence-electron chi connectivity index (χ0n) is 20.5. The number of carbonyl (C=O) groups is 2. The minimum atomic E-state index is -0.534. The third-order valence-corrected chi connectivity index (χ3v) is 6.99. The van der Waals surface area contributed by atoms with Gasteiger partial charge in [-0.1, -0.05) is 101 Å².